The van der Waals surface area contributed by atoms with Gasteiger partial charge in [0.1, 0.15) is 0 Å². The Morgan fingerprint density at radius 2 is 2.37 bits per heavy atom. The first-order valence-electron chi connectivity index (χ1n) is 6.32. The largest absolute Gasteiger partial charge is 0.326 e. The van der Waals surface area contributed by atoms with Gasteiger partial charge in [-0.05, 0) is 38.4 Å². The van der Waals surface area contributed by atoms with Gasteiger partial charge in [-0.15, -0.1) is 0 Å². The molecule has 0 radical (unpaired) electrons. The van der Waals surface area contributed by atoms with Crippen LogP contribution in [0.3, 0.4) is 0 Å². The molecule has 0 aliphatic carbocycles. The van der Waals surface area contributed by atoms with Crippen molar-refractivity contribution in [2.45, 2.75) is 19.8 Å². The number of anilines is 1. The van der Waals surface area contributed by atoms with E-state index in [4.69, 9.17) is 0 Å². The van der Waals surface area contributed by atoms with Gasteiger partial charge in [0.15, 0.2) is 0 Å². The van der Waals surface area contributed by atoms with Gasteiger partial charge in [0.2, 0.25) is 5.91 Å². The number of nitrogens with zero attached hydrogens (tertiary/aromatic N) is 1. The van der Waals surface area contributed by atoms with Gasteiger partial charge in [-0.3, -0.25) is 14.9 Å². The molecular formula is C13H17N3O3. The minimum Gasteiger partial charge on any atom is -0.326 e. The van der Waals surface area contributed by atoms with E-state index in [9.17, 15) is 14.9 Å². The predicted octanol–water partition coefficient (Wildman–Crippen LogP) is 1.84. The third kappa shape index (κ3) is 3.29. The van der Waals surface area contributed by atoms with Crippen molar-refractivity contribution in [3.8, 4) is 0 Å². The Morgan fingerprint density at radius 1 is 1.58 bits per heavy atom. The molecule has 19 heavy (non-hydrogen) atoms. The SMILES string of the molecule is Cc1c(NC(=O)CC2CCNC2)cccc1[N+](=O)[O-]. The van der Waals surface area contributed by atoms with Crippen LogP contribution in [0, 0.1) is 23.0 Å². The first-order chi connectivity index (χ1) is 9.08. The highest BCUT2D eigenvalue weighted by Gasteiger charge is 2.19. The van der Waals surface area contributed by atoms with Gasteiger partial charge in [-0.2, -0.15) is 0 Å². The molecule has 0 bridgehead atoms. The highest BCUT2D eigenvalue weighted by atomic mass is 16.6. The molecule has 0 spiro atoms. The monoisotopic (exact) mass is 263 g/mol. The molecule has 2 rings (SSSR count). The summed E-state index contributed by atoms with van der Waals surface area (Å²) in [5.74, 6) is 0.274. The van der Waals surface area contributed by atoms with Crippen molar-refractivity contribution in [2.75, 3.05) is 18.4 Å². The van der Waals surface area contributed by atoms with Crippen LogP contribution in [-0.4, -0.2) is 23.9 Å². The number of rotatable bonds is 4. The smallest absolute Gasteiger partial charge is 0.274 e. The molecule has 1 unspecified atom stereocenters. The molecule has 1 aliphatic rings. The maximum Gasteiger partial charge on any atom is 0.274 e. The number of nitro groups is 1. The third-order valence-electron chi connectivity index (χ3n) is 3.41. The fourth-order valence-electron chi connectivity index (χ4n) is 2.31. The molecule has 1 saturated heterocycles. The second kappa shape index (κ2) is 5.79. The molecule has 1 aliphatic heterocycles. The molecule has 1 fully saturated rings. The van der Waals surface area contributed by atoms with Crippen LogP contribution in [0.15, 0.2) is 18.2 Å². The zero-order valence-corrected chi connectivity index (χ0v) is 10.8. The Labute approximate surface area is 111 Å². The Morgan fingerprint density at radius 3 is 3.00 bits per heavy atom. The number of hydrogen-bond donors (Lipinski definition) is 2. The number of hydrogen-bond acceptors (Lipinski definition) is 4. The fourth-order valence-corrected chi connectivity index (χ4v) is 2.31. The Balaban J connectivity index is 2.04. The number of carbonyl (C=O) groups is 1. The quantitative estimate of drug-likeness (QED) is 0.641. The van der Waals surface area contributed by atoms with E-state index in [1.54, 1.807) is 19.1 Å². The van der Waals surface area contributed by atoms with Gasteiger partial charge in [-0.1, -0.05) is 6.07 Å². The number of benzene rings is 1. The summed E-state index contributed by atoms with van der Waals surface area (Å²) in [5, 5.41) is 16.8. The topological polar surface area (TPSA) is 84.3 Å². The molecule has 1 aromatic carbocycles. The van der Waals surface area contributed by atoms with E-state index in [1.165, 1.54) is 6.07 Å². The molecule has 1 atom stereocenters. The van der Waals surface area contributed by atoms with Crippen molar-refractivity contribution in [1.29, 1.82) is 0 Å². The number of nitrogens with one attached hydrogen (secondary N) is 2. The Kier molecular flexibility index (Phi) is 4.11. The molecule has 1 heterocycles. The minimum atomic E-state index is -0.439. The van der Waals surface area contributed by atoms with Crippen LogP contribution in [0.2, 0.25) is 0 Å². The third-order valence-corrected chi connectivity index (χ3v) is 3.41. The lowest BCUT2D eigenvalue weighted by molar-refractivity contribution is -0.385. The van der Waals surface area contributed by atoms with Crippen molar-refractivity contribution in [2.24, 2.45) is 5.92 Å². The van der Waals surface area contributed by atoms with Crippen molar-refractivity contribution in [3.05, 3.63) is 33.9 Å². The van der Waals surface area contributed by atoms with Crippen LogP contribution in [0.5, 0.6) is 0 Å². The first-order valence-corrected chi connectivity index (χ1v) is 6.32. The summed E-state index contributed by atoms with van der Waals surface area (Å²) in [7, 11) is 0. The average molecular weight is 263 g/mol. The molecule has 0 saturated carbocycles. The minimum absolute atomic E-state index is 0.0281. The van der Waals surface area contributed by atoms with Crippen molar-refractivity contribution in [1.82, 2.24) is 5.32 Å². The highest BCUT2D eigenvalue weighted by Crippen LogP contribution is 2.25. The molecule has 1 aromatic rings. The van der Waals surface area contributed by atoms with Crippen LogP contribution in [0.25, 0.3) is 0 Å². The zero-order chi connectivity index (χ0) is 13.8. The maximum atomic E-state index is 11.9. The van der Waals surface area contributed by atoms with Crippen LogP contribution >= 0.6 is 0 Å². The maximum absolute atomic E-state index is 11.9. The first kappa shape index (κ1) is 13.5. The average Bonchev–Trinajstić information content (AvgIpc) is 2.84. The lowest BCUT2D eigenvalue weighted by atomic mass is 10.0. The normalized spacial score (nSPS) is 18.3. The van der Waals surface area contributed by atoms with Gasteiger partial charge < -0.3 is 10.6 Å². The van der Waals surface area contributed by atoms with Crippen LogP contribution in [0.4, 0.5) is 11.4 Å². The van der Waals surface area contributed by atoms with E-state index in [-0.39, 0.29) is 11.6 Å². The highest BCUT2D eigenvalue weighted by molar-refractivity contribution is 5.92. The van der Waals surface area contributed by atoms with Crippen LogP contribution < -0.4 is 10.6 Å². The molecule has 1 amide bonds. The zero-order valence-electron chi connectivity index (χ0n) is 10.8. The summed E-state index contributed by atoms with van der Waals surface area (Å²) in [6, 6.07) is 4.71. The van der Waals surface area contributed by atoms with Gasteiger partial charge in [-0.25, -0.2) is 0 Å². The van der Waals surface area contributed by atoms with Crippen molar-refractivity contribution >= 4 is 17.3 Å². The van der Waals surface area contributed by atoms with E-state index in [1.807, 2.05) is 0 Å². The summed E-state index contributed by atoms with van der Waals surface area (Å²) in [5.41, 5.74) is 1.04. The predicted molar refractivity (Wildman–Crippen MR) is 72.1 cm³/mol. The summed E-state index contributed by atoms with van der Waals surface area (Å²) in [4.78, 5) is 22.3. The lowest BCUT2D eigenvalue weighted by Gasteiger charge is -2.11. The van der Waals surface area contributed by atoms with Gasteiger partial charge >= 0.3 is 0 Å². The van der Waals surface area contributed by atoms with Gasteiger partial charge in [0, 0.05) is 12.5 Å². The van der Waals surface area contributed by atoms with E-state index in [0.29, 0.717) is 23.6 Å². The van der Waals surface area contributed by atoms with Crippen molar-refractivity contribution in [3.63, 3.8) is 0 Å². The second-order valence-corrected chi connectivity index (χ2v) is 4.82. The molecule has 2 N–H and O–H groups in total. The second-order valence-electron chi connectivity index (χ2n) is 4.82. The fraction of sp³-hybridized carbons (Fsp3) is 0.462. The Bertz CT molecular complexity index is 496. The van der Waals surface area contributed by atoms with E-state index < -0.39 is 4.92 Å². The molecular weight excluding hydrogens is 246 g/mol. The summed E-state index contributed by atoms with van der Waals surface area (Å²) in [6.07, 6.45) is 1.45. The lowest BCUT2D eigenvalue weighted by Crippen LogP contribution is -2.18. The van der Waals surface area contributed by atoms with E-state index in [0.717, 1.165) is 19.5 Å². The number of carbonyl (C=O) groups excluding carboxylic acids is 1. The Hall–Kier alpha value is -1.95. The molecule has 102 valence electrons. The number of amides is 1. The summed E-state index contributed by atoms with van der Waals surface area (Å²) in [6.45, 7) is 3.46. The van der Waals surface area contributed by atoms with Crippen molar-refractivity contribution < 1.29 is 9.72 Å². The van der Waals surface area contributed by atoms with Crippen LogP contribution in [-0.2, 0) is 4.79 Å². The van der Waals surface area contributed by atoms with E-state index in [2.05, 4.69) is 10.6 Å². The van der Waals surface area contributed by atoms with Gasteiger partial charge in [0.05, 0.1) is 16.2 Å². The number of nitro benzene ring substituents is 1. The summed E-state index contributed by atoms with van der Waals surface area (Å²) >= 11 is 0. The standard InChI is InChI=1S/C13H17N3O3/c1-9-11(3-2-4-12(9)16(18)19)15-13(17)7-10-5-6-14-8-10/h2-4,10,14H,5-8H2,1H3,(H,15,17). The molecule has 6 heteroatoms. The summed E-state index contributed by atoms with van der Waals surface area (Å²) < 4.78 is 0. The molecule has 6 nitrogen and oxygen atoms in total. The van der Waals surface area contributed by atoms with Gasteiger partial charge in [0.25, 0.3) is 5.69 Å². The molecule has 0 aromatic heterocycles. The van der Waals surface area contributed by atoms with E-state index >= 15 is 0 Å². The van der Waals surface area contributed by atoms with Crippen LogP contribution in [0.1, 0.15) is 18.4 Å².